The Labute approximate surface area is 135 Å². The predicted molar refractivity (Wildman–Crippen MR) is 92.4 cm³/mol. The van der Waals surface area contributed by atoms with Gasteiger partial charge in [0.2, 0.25) is 0 Å². The fourth-order valence-electron chi connectivity index (χ4n) is 2.82. The van der Waals surface area contributed by atoms with Crippen LogP contribution in [0.3, 0.4) is 0 Å². The van der Waals surface area contributed by atoms with E-state index in [0.717, 1.165) is 24.1 Å². The molecule has 2 aromatic rings. The van der Waals surface area contributed by atoms with Gasteiger partial charge in [-0.3, -0.25) is 0 Å². The van der Waals surface area contributed by atoms with Crippen molar-refractivity contribution in [1.82, 2.24) is 5.32 Å². The molecule has 0 spiro atoms. The molecule has 0 unspecified atom stereocenters. The molecule has 0 saturated heterocycles. The van der Waals surface area contributed by atoms with Crippen molar-refractivity contribution in [3.63, 3.8) is 0 Å². The predicted octanol–water partition coefficient (Wildman–Crippen LogP) is 4.47. The lowest BCUT2D eigenvalue weighted by Crippen LogP contribution is -2.24. The molecule has 3 rings (SSSR count). The van der Waals surface area contributed by atoms with Gasteiger partial charge in [0.05, 0.1) is 0 Å². The molecule has 1 aliphatic heterocycles. The van der Waals surface area contributed by atoms with Crippen LogP contribution in [-0.4, -0.2) is 6.04 Å². The van der Waals surface area contributed by atoms with Crippen molar-refractivity contribution in [2.45, 2.75) is 39.5 Å². The average Bonchev–Trinajstić information content (AvgIpc) is 2.88. The monoisotopic (exact) mass is 344 g/mol. The first-order valence-corrected chi connectivity index (χ1v) is 8.26. The Bertz CT molecular complexity index is 612. The molecule has 0 aliphatic carbocycles. The highest BCUT2D eigenvalue weighted by Crippen LogP contribution is 2.32. The van der Waals surface area contributed by atoms with Crippen LogP contribution in [-0.2, 0) is 19.6 Å². The summed E-state index contributed by atoms with van der Waals surface area (Å²) in [5.74, 6) is 0. The van der Waals surface area contributed by atoms with Crippen molar-refractivity contribution in [3.05, 3.63) is 63.6 Å². The summed E-state index contributed by atoms with van der Waals surface area (Å²) in [7, 11) is 0. The van der Waals surface area contributed by atoms with Crippen molar-refractivity contribution in [1.29, 1.82) is 0 Å². The molecule has 1 heterocycles. The van der Waals surface area contributed by atoms with Crippen molar-refractivity contribution in [2.75, 3.05) is 4.90 Å². The SMILES string of the molecule is CC(C)NCc1cc(Br)ccc1N1Cc2ccccc2C1. The maximum absolute atomic E-state index is 3.59. The molecule has 0 amide bonds. The third kappa shape index (κ3) is 3.30. The fraction of sp³-hybridized carbons (Fsp3) is 0.333. The van der Waals surface area contributed by atoms with E-state index in [-0.39, 0.29) is 0 Å². The van der Waals surface area contributed by atoms with E-state index in [4.69, 9.17) is 0 Å². The minimum absolute atomic E-state index is 0.493. The highest BCUT2D eigenvalue weighted by Gasteiger charge is 2.20. The van der Waals surface area contributed by atoms with Crippen molar-refractivity contribution >= 4 is 21.6 Å². The van der Waals surface area contributed by atoms with E-state index in [1.807, 2.05) is 0 Å². The zero-order valence-electron chi connectivity index (χ0n) is 12.6. The molecule has 0 bridgehead atoms. The summed E-state index contributed by atoms with van der Waals surface area (Å²) in [6.07, 6.45) is 0. The summed E-state index contributed by atoms with van der Waals surface area (Å²) < 4.78 is 1.14. The van der Waals surface area contributed by atoms with Gasteiger partial charge in [-0.2, -0.15) is 0 Å². The van der Waals surface area contributed by atoms with Crippen LogP contribution in [0, 0.1) is 0 Å². The van der Waals surface area contributed by atoms with Gasteiger partial charge in [-0.25, -0.2) is 0 Å². The molecule has 1 aliphatic rings. The van der Waals surface area contributed by atoms with Gasteiger partial charge in [-0.05, 0) is 34.9 Å². The molecule has 0 fully saturated rings. The number of hydrogen-bond acceptors (Lipinski definition) is 2. The van der Waals surface area contributed by atoms with Gasteiger partial charge in [0.25, 0.3) is 0 Å². The highest BCUT2D eigenvalue weighted by atomic mass is 79.9. The second-order valence-corrected chi connectivity index (χ2v) is 6.85. The lowest BCUT2D eigenvalue weighted by Gasteiger charge is -2.22. The molecular weight excluding hydrogens is 324 g/mol. The van der Waals surface area contributed by atoms with E-state index in [2.05, 4.69) is 82.5 Å². The molecule has 21 heavy (non-hydrogen) atoms. The van der Waals surface area contributed by atoms with E-state index in [9.17, 15) is 0 Å². The lowest BCUT2D eigenvalue weighted by molar-refractivity contribution is 0.588. The first kappa shape index (κ1) is 14.6. The van der Waals surface area contributed by atoms with Crippen LogP contribution in [0.2, 0.25) is 0 Å². The largest absolute Gasteiger partial charge is 0.363 e. The molecule has 2 aromatic carbocycles. The van der Waals surface area contributed by atoms with Crippen LogP contribution in [0.15, 0.2) is 46.9 Å². The van der Waals surface area contributed by atoms with E-state index < -0.39 is 0 Å². The van der Waals surface area contributed by atoms with Crippen LogP contribution in [0.4, 0.5) is 5.69 Å². The molecular formula is C18H21BrN2. The minimum atomic E-state index is 0.493. The van der Waals surface area contributed by atoms with Gasteiger partial charge >= 0.3 is 0 Å². The number of fused-ring (bicyclic) bond motifs is 1. The standard InChI is InChI=1S/C18H21BrN2/c1-13(2)20-10-16-9-17(19)7-8-18(16)21-11-14-5-3-4-6-15(14)12-21/h3-9,13,20H,10-12H2,1-2H3. The first-order chi connectivity index (χ1) is 10.1. The van der Waals surface area contributed by atoms with Gasteiger partial charge < -0.3 is 10.2 Å². The Morgan fingerprint density at radius 2 is 1.76 bits per heavy atom. The van der Waals surface area contributed by atoms with Crippen molar-refractivity contribution in [3.8, 4) is 0 Å². The van der Waals surface area contributed by atoms with Crippen LogP contribution in [0.25, 0.3) is 0 Å². The Hall–Kier alpha value is -1.32. The molecule has 0 saturated carbocycles. The normalized spacial score (nSPS) is 13.8. The Morgan fingerprint density at radius 1 is 1.10 bits per heavy atom. The second-order valence-electron chi connectivity index (χ2n) is 5.93. The second kappa shape index (κ2) is 6.20. The van der Waals surface area contributed by atoms with Crippen LogP contribution >= 0.6 is 15.9 Å². The minimum Gasteiger partial charge on any atom is -0.363 e. The van der Waals surface area contributed by atoms with E-state index in [1.165, 1.54) is 22.4 Å². The molecule has 2 nitrogen and oxygen atoms in total. The van der Waals surface area contributed by atoms with Gasteiger partial charge in [0.1, 0.15) is 0 Å². The number of hydrogen-bond donors (Lipinski definition) is 1. The van der Waals surface area contributed by atoms with Gasteiger partial charge in [-0.15, -0.1) is 0 Å². The number of rotatable bonds is 4. The molecule has 110 valence electrons. The summed E-state index contributed by atoms with van der Waals surface area (Å²) in [5.41, 5.74) is 5.58. The third-order valence-corrected chi connectivity index (χ3v) is 4.42. The lowest BCUT2D eigenvalue weighted by atomic mass is 10.1. The molecule has 0 atom stereocenters. The van der Waals surface area contributed by atoms with Crippen LogP contribution in [0.5, 0.6) is 0 Å². The summed E-state index contributed by atoms with van der Waals surface area (Å²) in [4.78, 5) is 2.47. The Kier molecular flexibility index (Phi) is 4.32. The summed E-state index contributed by atoms with van der Waals surface area (Å²) in [6, 6.07) is 15.8. The van der Waals surface area contributed by atoms with Gasteiger partial charge in [0.15, 0.2) is 0 Å². The van der Waals surface area contributed by atoms with Crippen molar-refractivity contribution < 1.29 is 0 Å². The van der Waals surface area contributed by atoms with Gasteiger partial charge in [-0.1, -0.05) is 54.0 Å². The van der Waals surface area contributed by atoms with Crippen molar-refractivity contribution in [2.24, 2.45) is 0 Å². The number of nitrogens with zero attached hydrogens (tertiary/aromatic N) is 1. The number of halogens is 1. The molecule has 0 aromatic heterocycles. The summed E-state index contributed by atoms with van der Waals surface area (Å²) in [6.45, 7) is 7.28. The van der Waals surface area contributed by atoms with Crippen LogP contribution in [0.1, 0.15) is 30.5 Å². The van der Waals surface area contributed by atoms with E-state index in [0.29, 0.717) is 6.04 Å². The molecule has 3 heteroatoms. The fourth-order valence-corrected chi connectivity index (χ4v) is 3.23. The smallest absolute Gasteiger partial charge is 0.0436 e. The zero-order valence-corrected chi connectivity index (χ0v) is 14.2. The number of anilines is 1. The number of benzene rings is 2. The third-order valence-electron chi connectivity index (χ3n) is 3.92. The summed E-state index contributed by atoms with van der Waals surface area (Å²) in [5, 5.41) is 3.53. The van der Waals surface area contributed by atoms with Crippen LogP contribution < -0.4 is 10.2 Å². The maximum Gasteiger partial charge on any atom is 0.0436 e. The molecule has 1 N–H and O–H groups in total. The topological polar surface area (TPSA) is 15.3 Å². The van der Waals surface area contributed by atoms with E-state index >= 15 is 0 Å². The van der Waals surface area contributed by atoms with E-state index in [1.54, 1.807) is 0 Å². The highest BCUT2D eigenvalue weighted by molar-refractivity contribution is 9.10. The summed E-state index contributed by atoms with van der Waals surface area (Å²) >= 11 is 3.59. The Morgan fingerprint density at radius 3 is 2.38 bits per heavy atom. The maximum atomic E-state index is 3.59. The van der Waals surface area contributed by atoms with Gasteiger partial charge in [0, 0.05) is 35.8 Å². The zero-order chi connectivity index (χ0) is 14.8. The Balaban J connectivity index is 1.86. The molecule has 0 radical (unpaired) electrons. The quantitative estimate of drug-likeness (QED) is 0.880. The number of nitrogens with one attached hydrogen (secondary N) is 1. The first-order valence-electron chi connectivity index (χ1n) is 7.47. The average molecular weight is 345 g/mol.